The number of nitrogens with one attached hydrogen (secondary N) is 1. The molecule has 0 atom stereocenters. The van der Waals surface area contributed by atoms with E-state index in [1.54, 1.807) is 4.90 Å². The zero-order valence-electron chi connectivity index (χ0n) is 13.4. The maximum Gasteiger partial charge on any atom is 0.335 e. The lowest BCUT2D eigenvalue weighted by atomic mass is 10.2. The second-order valence-electron chi connectivity index (χ2n) is 5.45. The van der Waals surface area contributed by atoms with Gasteiger partial charge in [0, 0.05) is 32.7 Å². The molecule has 0 radical (unpaired) electrons. The fourth-order valence-electron chi connectivity index (χ4n) is 2.39. The van der Waals surface area contributed by atoms with Crippen LogP contribution in [-0.4, -0.2) is 67.5 Å². The van der Waals surface area contributed by atoms with E-state index in [0.29, 0.717) is 19.6 Å². The molecule has 9 heteroatoms. The van der Waals surface area contributed by atoms with Crippen LogP contribution in [0.15, 0.2) is 29.2 Å². The van der Waals surface area contributed by atoms with E-state index in [1.807, 2.05) is 6.92 Å². The van der Waals surface area contributed by atoms with Crippen molar-refractivity contribution in [3.63, 3.8) is 0 Å². The lowest BCUT2D eigenvalue weighted by Gasteiger charge is -2.34. The molecule has 1 aliphatic heterocycles. The summed E-state index contributed by atoms with van der Waals surface area (Å²) in [7, 11) is -3.69. The summed E-state index contributed by atoms with van der Waals surface area (Å²) in [6, 6.07) is 4.94. The topological polar surface area (TPSA) is 107 Å². The van der Waals surface area contributed by atoms with Crippen molar-refractivity contribution in [2.24, 2.45) is 0 Å². The predicted octanol–water partition coefficient (Wildman–Crippen LogP) is 0.811. The third kappa shape index (κ3) is 4.04. The average molecular weight is 355 g/mol. The molecule has 132 valence electrons. The quantitative estimate of drug-likeness (QED) is 0.813. The van der Waals surface area contributed by atoms with Crippen molar-refractivity contribution in [1.29, 1.82) is 0 Å². The summed E-state index contributed by atoms with van der Waals surface area (Å²) in [6.45, 7) is 3.61. The molecule has 2 amide bonds. The van der Waals surface area contributed by atoms with Crippen LogP contribution in [0, 0.1) is 0 Å². The molecule has 0 bridgehead atoms. The van der Waals surface area contributed by atoms with Gasteiger partial charge in [-0.05, 0) is 30.7 Å². The number of carboxylic acid groups (broad SMARTS) is 1. The second-order valence-corrected chi connectivity index (χ2v) is 7.39. The SMILES string of the molecule is CCCNC(=O)N1CCN(S(=O)(=O)c2ccc(C(=O)O)cc2)CC1. The van der Waals surface area contributed by atoms with Gasteiger partial charge in [-0.3, -0.25) is 0 Å². The molecule has 1 aromatic rings. The normalized spacial score (nSPS) is 16.0. The molecule has 0 saturated carbocycles. The van der Waals surface area contributed by atoms with E-state index in [9.17, 15) is 18.0 Å². The summed E-state index contributed by atoms with van der Waals surface area (Å²) in [6.07, 6.45) is 0.840. The number of sulfonamides is 1. The first-order valence-corrected chi connectivity index (χ1v) is 9.16. The Morgan fingerprint density at radius 1 is 1.12 bits per heavy atom. The summed E-state index contributed by atoms with van der Waals surface area (Å²) < 4.78 is 26.5. The van der Waals surface area contributed by atoms with Crippen molar-refractivity contribution >= 4 is 22.0 Å². The van der Waals surface area contributed by atoms with E-state index >= 15 is 0 Å². The van der Waals surface area contributed by atoms with E-state index in [0.717, 1.165) is 6.42 Å². The molecule has 1 heterocycles. The van der Waals surface area contributed by atoms with E-state index in [-0.39, 0.29) is 29.6 Å². The van der Waals surface area contributed by atoms with Gasteiger partial charge in [0.05, 0.1) is 10.5 Å². The molecule has 0 aromatic heterocycles. The van der Waals surface area contributed by atoms with Gasteiger partial charge in [0.2, 0.25) is 10.0 Å². The van der Waals surface area contributed by atoms with Crippen LogP contribution in [0.25, 0.3) is 0 Å². The van der Waals surface area contributed by atoms with Gasteiger partial charge in [-0.1, -0.05) is 6.92 Å². The monoisotopic (exact) mass is 355 g/mol. The van der Waals surface area contributed by atoms with Crippen LogP contribution in [0.3, 0.4) is 0 Å². The maximum absolute atomic E-state index is 12.6. The minimum absolute atomic E-state index is 0.0337. The minimum atomic E-state index is -3.69. The fraction of sp³-hybridized carbons (Fsp3) is 0.467. The Bertz CT molecular complexity index is 694. The summed E-state index contributed by atoms with van der Waals surface area (Å²) in [5, 5.41) is 11.6. The number of hydrogen-bond acceptors (Lipinski definition) is 4. The molecule has 1 fully saturated rings. The molecule has 24 heavy (non-hydrogen) atoms. The van der Waals surface area contributed by atoms with Gasteiger partial charge in [-0.15, -0.1) is 0 Å². The highest BCUT2D eigenvalue weighted by Gasteiger charge is 2.30. The van der Waals surface area contributed by atoms with Gasteiger partial charge in [0.1, 0.15) is 0 Å². The number of amides is 2. The number of carbonyl (C=O) groups excluding carboxylic acids is 1. The Kier molecular flexibility index (Phi) is 5.79. The number of piperazine rings is 1. The first-order chi connectivity index (χ1) is 11.4. The Hall–Kier alpha value is -2.13. The van der Waals surface area contributed by atoms with Crippen LogP contribution < -0.4 is 5.32 Å². The number of benzene rings is 1. The predicted molar refractivity (Wildman–Crippen MR) is 87.4 cm³/mol. The zero-order valence-corrected chi connectivity index (χ0v) is 14.3. The Morgan fingerprint density at radius 3 is 2.21 bits per heavy atom. The highest BCUT2D eigenvalue weighted by atomic mass is 32.2. The van der Waals surface area contributed by atoms with Crippen LogP contribution in [-0.2, 0) is 10.0 Å². The van der Waals surface area contributed by atoms with E-state index in [2.05, 4.69) is 5.32 Å². The summed E-state index contributed by atoms with van der Waals surface area (Å²) in [5.41, 5.74) is 0.0337. The fourth-order valence-corrected chi connectivity index (χ4v) is 3.82. The molecule has 2 rings (SSSR count). The number of rotatable bonds is 5. The van der Waals surface area contributed by atoms with Crippen molar-refractivity contribution in [2.75, 3.05) is 32.7 Å². The van der Waals surface area contributed by atoms with Crippen LogP contribution in [0.1, 0.15) is 23.7 Å². The van der Waals surface area contributed by atoms with Crippen LogP contribution >= 0.6 is 0 Å². The third-order valence-corrected chi connectivity index (χ3v) is 5.70. The number of hydrogen-bond donors (Lipinski definition) is 2. The molecule has 1 saturated heterocycles. The summed E-state index contributed by atoms with van der Waals surface area (Å²) in [5.74, 6) is -1.11. The van der Waals surface area contributed by atoms with Crippen LogP contribution in [0.4, 0.5) is 4.79 Å². The lowest BCUT2D eigenvalue weighted by molar-refractivity contribution is 0.0696. The standard InChI is InChI=1S/C15H21N3O5S/c1-2-7-16-15(21)17-8-10-18(11-9-17)24(22,23)13-5-3-12(4-6-13)14(19)20/h3-6H,2,7-11H2,1H3,(H,16,21)(H,19,20). The molecule has 0 spiro atoms. The maximum atomic E-state index is 12.6. The smallest absolute Gasteiger partial charge is 0.335 e. The molecule has 2 N–H and O–H groups in total. The van der Waals surface area contributed by atoms with Crippen LogP contribution in [0.2, 0.25) is 0 Å². The van der Waals surface area contributed by atoms with E-state index < -0.39 is 16.0 Å². The third-order valence-electron chi connectivity index (χ3n) is 3.79. The van der Waals surface area contributed by atoms with Gasteiger partial charge in [-0.25, -0.2) is 18.0 Å². The van der Waals surface area contributed by atoms with Crippen molar-refractivity contribution in [3.8, 4) is 0 Å². The van der Waals surface area contributed by atoms with Gasteiger partial charge in [-0.2, -0.15) is 4.31 Å². The number of nitrogens with zero attached hydrogens (tertiary/aromatic N) is 2. The van der Waals surface area contributed by atoms with Crippen molar-refractivity contribution in [2.45, 2.75) is 18.2 Å². The molecular weight excluding hydrogens is 334 g/mol. The van der Waals surface area contributed by atoms with Crippen molar-refractivity contribution < 1.29 is 23.1 Å². The Morgan fingerprint density at radius 2 is 1.71 bits per heavy atom. The number of carboxylic acids is 1. The van der Waals surface area contributed by atoms with E-state index in [4.69, 9.17) is 5.11 Å². The number of aromatic carboxylic acids is 1. The van der Waals surface area contributed by atoms with Crippen molar-refractivity contribution in [1.82, 2.24) is 14.5 Å². The largest absolute Gasteiger partial charge is 0.478 e. The van der Waals surface area contributed by atoms with Gasteiger partial charge in [0.25, 0.3) is 0 Å². The Labute approximate surface area is 141 Å². The first-order valence-electron chi connectivity index (χ1n) is 7.72. The molecule has 0 aliphatic carbocycles. The highest BCUT2D eigenvalue weighted by molar-refractivity contribution is 7.89. The minimum Gasteiger partial charge on any atom is -0.478 e. The highest BCUT2D eigenvalue weighted by Crippen LogP contribution is 2.18. The Balaban J connectivity index is 2.02. The molecule has 1 aromatic carbocycles. The van der Waals surface area contributed by atoms with Gasteiger partial charge in [0.15, 0.2) is 0 Å². The summed E-state index contributed by atoms with van der Waals surface area (Å²) in [4.78, 5) is 24.4. The van der Waals surface area contributed by atoms with Gasteiger partial charge >= 0.3 is 12.0 Å². The number of carbonyl (C=O) groups is 2. The van der Waals surface area contributed by atoms with E-state index in [1.165, 1.54) is 28.6 Å². The molecular formula is C15H21N3O5S. The van der Waals surface area contributed by atoms with Gasteiger partial charge < -0.3 is 15.3 Å². The summed E-state index contributed by atoms with van der Waals surface area (Å²) >= 11 is 0. The first kappa shape index (κ1) is 18.2. The molecule has 0 unspecified atom stereocenters. The zero-order chi connectivity index (χ0) is 17.7. The number of urea groups is 1. The molecule has 1 aliphatic rings. The van der Waals surface area contributed by atoms with Crippen molar-refractivity contribution in [3.05, 3.63) is 29.8 Å². The molecule has 8 nitrogen and oxygen atoms in total. The van der Waals surface area contributed by atoms with Crippen LogP contribution in [0.5, 0.6) is 0 Å². The lowest BCUT2D eigenvalue weighted by Crippen LogP contribution is -2.53. The average Bonchev–Trinajstić information content (AvgIpc) is 2.59. The second kappa shape index (κ2) is 7.63.